The van der Waals surface area contributed by atoms with E-state index in [0.717, 1.165) is 34.1 Å². The number of hydrogen-bond donors (Lipinski definition) is 3. The molecule has 0 bridgehead atoms. The topological polar surface area (TPSA) is 92.4 Å². The monoisotopic (exact) mass is 568 g/mol. The zero-order chi connectivity index (χ0) is 29.5. The van der Waals surface area contributed by atoms with Crippen LogP contribution in [0.1, 0.15) is 99.5 Å². The minimum absolute atomic E-state index is 0.355. The molecule has 2 unspecified atom stereocenters. The Morgan fingerprint density at radius 3 is 2.33 bits per heavy atom. The summed E-state index contributed by atoms with van der Waals surface area (Å²) in [6.07, 6.45) is 14.8. The molecule has 2 aromatic rings. The van der Waals surface area contributed by atoms with Crippen molar-refractivity contribution in [1.82, 2.24) is 5.32 Å². The van der Waals surface area contributed by atoms with Gasteiger partial charge in [0.2, 0.25) is 0 Å². The van der Waals surface area contributed by atoms with Crippen molar-refractivity contribution in [3.63, 3.8) is 0 Å². The molecule has 0 aromatic heterocycles. The third kappa shape index (κ3) is 12.1. The maximum absolute atomic E-state index is 12.8. The van der Waals surface area contributed by atoms with Gasteiger partial charge in [0.05, 0.1) is 0 Å². The third-order valence-corrected chi connectivity index (χ3v) is 8.43. The molecule has 4 N–H and O–H groups in total. The molecule has 0 radical (unpaired) electrons. The number of benzene rings is 2. The first-order chi connectivity index (χ1) is 19.1. The van der Waals surface area contributed by atoms with E-state index in [9.17, 15) is 14.7 Å². The summed E-state index contributed by atoms with van der Waals surface area (Å²) in [4.78, 5) is 24.2. The lowest BCUT2D eigenvalue weighted by atomic mass is 9.84. The van der Waals surface area contributed by atoms with Gasteiger partial charge in [0.1, 0.15) is 6.04 Å². The number of nitrogens with one attached hydrogen (secondary N) is 1. The molecule has 1 aliphatic rings. The van der Waals surface area contributed by atoms with Crippen molar-refractivity contribution in [3.8, 4) is 11.1 Å². The molecular formula is C34H52N2O3S. The van der Waals surface area contributed by atoms with Crippen LogP contribution in [0.5, 0.6) is 0 Å². The van der Waals surface area contributed by atoms with Gasteiger partial charge in [-0.2, -0.15) is 11.8 Å². The van der Waals surface area contributed by atoms with Crippen LogP contribution in [0, 0.1) is 25.7 Å². The van der Waals surface area contributed by atoms with Crippen molar-refractivity contribution in [2.75, 3.05) is 12.0 Å². The molecule has 2 aromatic carbocycles. The number of aryl methyl sites for hydroxylation is 2. The smallest absolute Gasteiger partial charge is 0.326 e. The molecule has 0 saturated heterocycles. The van der Waals surface area contributed by atoms with Crippen molar-refractivity contribution in [2.24, 2.45) is 17.6 Å². The van der Waals surface area contributed by atoms with Gasteiger partial charge < -0.3 is 16.2 Å². The van der Waals surface area contributed by atoms with Crippen LogP contribution in [-0.2, 0) is 4.79 Å². The largest absolute Gasteiger partial charge is 0.480 e. The first kappa shape index (κ1) is 33.9. The molecule has 222 valence electrons. The van der Waals surface area contributed by atoms with Crippen LogP contribution in [0.2, 0.25) is 0 Å². The van der Waals surface area contributed by atoms with Crippen molar-refractivity contribution < 1.29 is 14.7 Å². The maximum atomic E-state index is 12.8. The number of thioether (sulfide) groups is 1. The summed E-state index contributed by atoms with van der Waals surface area (Å²) in [5, 5.41) is 12.0. The molecule has 1 aliphatic carbocycles. The predicted octanol–water partition coefficient (Wildman–Crippen LogP) is 8.02. The van der Waals surface area contributed by atoms with Crippen LogP contribution in [0.25, 0.3) is 11.1 Å². The van der Waals surface area contributed by atoms with Crippen molar-refractivity contribution in [1.29, 1.82) is 0 Å². The van der Waals surface area contributed by atoms with Crippen LogP contribution in [0.3, 0.4) is 0 Å². The SMILES string of the molecule is CC(C)CCCC(N)CC1CCCCC1.CSCCC(NC(=O)c1ccc(C)cc1-c1ccccc1C)C(=O)O. The van der Waals surface area contributed by atoms with Crippen LogP contribution in [0.4, 0.5) is 0 Å². The molecule has 5 nitrogen and oxygen atoms in total. The zero-order valence-electron chi connectivity index (χ0n) is 25.4. The summed E-state index contributed by atoms with van der Waals surface area (Å²) in [7, 11) is 0. The minimum Gasteiger partial charge on any atom is -0.480 e. The van der Waals surface area contributed by atoms with Crippen molar-refractivity contribution in [2.45, 2.75) is 104 Å². The number of carbonyl (C=O) groups excluding carboxylic acids is 1. The lowest BCUT2D eigenvalue weighted by Crippen LogP contribution is -2.41. The Morgan fingerprint density at radius 1 is 1.00 bits per heavy atom. The predicted molar refractivity (Wildman–Crippen MR) is 171 cm³/mol. The van der Waals surface area contributed by atoms with E-state index in [0.29, 0.717) is 23.8 Å². The van der Waals surface area contributed by atoms with Gasteiger partial charge in [0, 0.05) is 11.6 Å². The Bertz CT molecular complexity index is 1050. The minimum atomic E-state index is -1.01. The fraction of sp³-hybridized carbons (Fsp3) is 0.588. The maximum Gasteiger partial charge on any atom is 0.326 e. The summed E-state index contributed by atoms with van der Waals surface area (Å²) in [5.41, 5.74) is 10.6. The molecule has 1 saturated carbocycles. The second-order valence-corrected chi connectivity index (χ2v) is 12.8. The van der Waals surface area contributed by atoms with Crippen molar-refractivity contribution >= 4 is 23.6 Å². The van der Waals surface area contributed by atoms with Crippen LogP contribution in [0.15, 0.2) is 42.5 Å². The Hall–Kier alpha value is -2.31. The summed E-state index contributed by atoms with van der Waals surface area (Å²) < 4.78 is 0. The Balaban J connectivity index is 0.000000319. The van der Waals surface area contributed by atoms with Gasteiger partial charge >= 0.3 is 5.97 Å². The van der Waals surface area contributed by atoms with E-state index < -0.39 is 12.0 Å². The number of carboxylic acids is 1. The molecule has 0 aliphatic heterocycles. The second kappa shape index (κ2) is 18.2. The van der Waals surface area contributed by atoms with Gasteiger partial charge in [-0.05, 0) is 79.7 Å². The third-order valence-electron chi connectivity index (χ3n) is 7.79. The lowest BCUT2D eigenvalue weighted by Gasteiger charge is -2.24. The van der Waals surface area contributed by atoms with E-state index in [1.165, 1.54) is 57.8 Å². The zero-order valence-corrected chi connectivity index (χ0v) is 26.2. The number of rotatable bonds is 13. The molecule has 6 heteroatoms. The highest BCUT2D eigenvalue weighted by Crippen LogP contribution is 2.29. The number of carboxylic acid groups (broad SMARTS) is 1. The summed E-state index contributed by atoms with van der Waals surface area (Å²) in [5.74, 6) is 1.11. The fourth-order valence-electron chi connectivity index (χ4n) is 5.44. The van der Waals surface area contributed by atoms with Gasteiger partial charge in [0.15, 0.2) is 0 Å². The van der Waals surface area contributed by atoms with Gasteiger partial charge in [0.25, 0.3) is 5.91 Å². The highest BCUT2D eigenvalue weighted by molar-refractivity contribution is 7.98. The van der Waals surface area contributed by atoms with E-state index in [-0.39, 0.29) is 5.91 Å². The Morgan fingerprint density at radius 2 is 1.70 bits per heavy atom. The fourth-order valence-corrected chi connectivity index (χ4v) is 5.91. The number of aliphatic carboxylic acids is 1. The van der Waals surface area contributed by atoms with Crippen LogP contribution in [-0.4, -0.2) is 41.1 Å². The first-order valence-corrected chi connectivity index (χ1v) is 16.5. The molecular weight excluding hydrogens is 516 g/mol. The van der Waals surface area contributed by atoms with Gasteiger partial charge in [-0.3, -0.25) is 4.79 Å². The highest BCUT2D eigenvalue weighted by Gasteiger charge is 2.22. The average molecular weight is 569 g/mol. The quantitative estimate of drug-likeness (QED) is 0.228. The Labute approximate surface area is 247 Å². The van der Waals surface area contributed by atoms with Gasteiger partial charge in [-0.15, -0.1) is 0 Å². The molecule has 0 spiro atoms. The summed E-state index contributed by atoms with van der Waals surface area (Å²) >= 11 is 1.56. The van der Waals surface area contributed by atoms with Crippen LogP contribution >= 0.6 is 11.8 Å². The van der Waals surface area contributed by atoms with Gasteiger partial charge in [-0.1, -0.05) is 101 Å². The molecule has 3 rings (SSSR count). The molecule has 2 atom stereocenters. The highest BCUT2D eigenvalue weighted by atomic mass is 32.2. The Kier molecular flexibility index (Phi) is 15.4. The lowest BCUT2D eigenvalue weighted by molar-refractivity contribution is -0.139. The molecule has 1 amide bonds. The second-order valence-electron chi connectivity index (χ2n) is 11.8. The molecule has 40 heavy (non-hydrogen) atoms. The number of hydrogen-bond acceptors (Lipinski definition) is 4. The van der Waals surface area contributed by atoms with Crippen molar-refractivity contribution in [3.05, 3.63) is 59.2 Å². The number of carbonyl (C=O) groups is 2. The average Bonchev–Trinajstić information content (AvgIpc) is 2.91. The summed E-state index contributed by atoms with van der Waals surface area (Å²) in [6, 6.07) is 13.1. The molecule has 0 heterocycles. The first-order valence-electron chi connectivity index (χ1n) is 15.1. The van der Waals surface area contributed by atoms with Crippen LogP contribution < -0.4 is 11.1 Å². The standard InChI is InChI=1S/C20H23NO3S.C14H29N/c1-13-8-9-16(17(12-13)15-7-5-4-6-14(15)2)19(22)21-18(20(23)24)10-11-25-3;1-12(2)7-6-10-14(15)11-13-8-4-3-5-9-13/h4-9,12,18H,10-11H2,1-3H3,(H,21,22)(H,23,24);12-14H,3-11,15H2,1-2H3. The number of nitrogens with two attached hydrogens (primary N) is 1. The van der Waals surface area contributed by atoms with Gasteiger partial charge in [-0.25, -0.2) is 4.79 Å². The number of amides is 1. The van der Waals surface area contributed by atoms with E-state index in [2.05, 4.69) is 19.2 Å². The van der Waals surface area contributed by atoms with E-state index in [1.807, 2.05) is 56.5 Å². The van der Waals surface area contributed by atoms with E-state index in [1.54, 1.807) is 17.8 Å². The van der Waals surface area contributed by atoms with E-state index in [4.69, 9.17) is 5.73 Å². The van der Waals surface area contributed by atoms with E-state index >= 15 is 0 Å². The summed E-state index contributed by atoms with van der Waals surface area (Å²) in [6.45, 7) is 8.57. The molecule has 1 fully saturated rings. The normalized spacial score (nSPS) is 15.2.